The first-order valence-electron chi connectivity index (χ1n) is 6.17. The van der Waals surface area contributed by atoms with Gasteiger partial charge in [0.15, 0.2) is 5.58 Å². The number of rotatable bonds is 4. The van der Waals surface area contributed by atoms with Crippen molar-refractivity contribution >= 4 is 22.8 Å². The van der Waals surface area contributed by atoms with Crippen LogP contribution in [0.2, 0.25) is 0 Å². The van der Waals surface area contributed by atoms with Gasteiger partial charge >= 0.3 is 0 Å². The zero-order valence-corrected chi connectivity index (χ0v) is 10.0. The van der Waals surface area contributed by atoms with E-state index in [2.05, 4.69) is 16.8 Å². The molecule has 0 unspecified atom stereocenters. The average Bonchev–Trinajstić information content (AvgIpc) is 3.04. The minimum Gasteiger partial charge on any atom is -0.423 e. The van der Waals surface area contributed by atoms with Gasteiger partial charge in [-0.15, -0.1) is 0 Å². The third-order valence-electron chi connectivity index (χ3n) is 3.23. The molecular formula is C13H17N3O. The van der Waals surface area contributed by atoms with E-state index in [1.807, 2.05) is 18.2 Å². The molecule has 17 heavy (non-hydrogen) atoms. The number of hydrogen-bond donors (Lipinski definition) is 1. The van der Waals surface area contributed by atoms with Crippen LogP contribution >= 0.6 is 0 Å². The van der Waals surface area contributed by atoms with Crippen LogP contribution in [0, 0.1) is 5.92 Å². The molecule has 0 amide bonds. The monoisotopic (exact) mass is 231 g/mol. The molecule has 2 N–H and O–H groups in total. The maximum Gasteiger partial charge on any atom is 0.298 e. The van der Waals surface area contributed by atoms with Gasteiger partial charge in [0.05, 0.1) is 0 Å². The van der Waals surface area contributed by atoms with Crippen molar-refractivity contribution in [1.29, 1.82) is 0 Å². The summed E-state index contributed by atoms with van der Waals surface area (Å²) >= 11 is 0. The van der Waals surface area contributed by atoms with Gasteiger partial charge in [0.1, 0.15) is 5.52 Å². The second-order valence-electron chi connectivity index (χ2n) is 4.71. The van der Waals surface area contributed by atoms with Gasteiger partial charge in [-0.3, -0.25) is 0 Å². The Bertz CT molecular complexity index is 530. The fraction of sp³-hybridized carbons (Fsp3) is 0.462. The lowest BCUT2D eigenvalue weighted by Crippen LogP contribution is -2.25. The summed E-state index contributed by atoms with van der Waals surface area (Å²) in [5.74, 6) is 0.829. The van der Waals surface area contributed by atoms with Crippen molar-refractivity contribution in [3.8, 4) is 0 Å². The Hall–Kier alpha value is -1.71. The van der Waals surface area contributed by atoms with E-state index in [4.69, 9.17) is 10.2 Å². The molecule has 1 fully saturated rings. The molecule has 90 valence electrons. The van der Waals surface area contributed by atoms with Crippen molar-refractivity contribution in [1.82, 2.24) is 4.98 Å². The second kappa shape index (κ2) is 3.95. The molecule has 1 heterocycles. The van der Waals surface area contributed by atoms with Crippen LogP contribution in [0.5, 0.6) is 0 Å². The van der Waals surface area contributed by atoms with E-state index in [-0.39, 0.29) is 0 Å². The van der Waals surface area contributed by atoms with Gasteiger partial charge in [-0.05, 0) is 43.9 Å². The Morgan fingerprint density at radius 3 is 3.00 bits per heavy atom. The van der Waals surface area contributed by atoms with E-state index in [0.29, 0.717) is 0 Å². The normalized spacial score (nSPS) is 15.4. The van der Waals surface area contributed by atoms with Crippen LogP contribution in [-0.2, 0) is 0 Å². The van der Waals surface area contributed by atoms with Crippen molar-refractivity contribution in [3.63, 3.8) is 0 Å². The first-order chi connectivity index (χ1) is 8.26. The molecule has 0 atom stereocenters. The van der Waals surface area contributed by atoms with Gasteiger partial charge in [0.2, 0.25) is 0 Å². The maximum absolute atomic E-state index is 5.76. The van der Waals surface area contributed by atoms with E-state index >= 15 is 0 Å². The number of oxazole rings is 1. The summed E-state index contributed by atoms with van der Waals surface area (Å²) in [6, 6.07) is 6.30. The number of nitrogens with zero attached hydrogens (tertiary/aromatic N) is 2. The third-order valence-corrected chi connectivity index (χ3v) is 3.23. The van der Waals surface area contributed by atoms with E-state index in [1.165, 1.54) is 12.8 Å². The fourth-order valence-electron chi connectivity index (χ4n) is 2.02. The molecule has 4 heteroatoms. The summed E-state index contributed by atoms with van der Waals surface area (Å²) < 4.78 is 5.76. The second-order valence-corrected chi connectivity index (χ2v) is 4.71. The summed E-state index contributed by atoms with van der Waals surface area (Å²) in [5, 5.41) is 0. The van der Waals surface area contributed by atoms with E-state index < -0.39 is 0 Å². The third kappa shape index (κ3) is 2.07. The molecule has 1 aliphatic rings. The van der Waals surface area contributed by atoms with Crippen molar-refractivity contribution in [3.05, 3.63) is 18.2 Å². The lowest BCUT2D eigenvalue weighted by Gasteiger charge is -2.17. The van der Waals surface area contributed by atoms with Crippen LogP contribution in [0.15, 0.2) is 22.6 Å². The molecule has 0 radical (unpaired) electrons. The molecule has 0 saturated heterocycles. The number of fused-ring (bicyclic) bond motifs is 1. The first-order valence-corrected chi connectivity index (χ1v) is 6.17. The Kier molecular flexibility index (Phi) is 2.42. The van der Waals surface area contributed by atoms with Crippen molar-refractivity contribution < 1.29 is 4.42 Å². The first kappa shape index (κ1) is 10.4. The number of benzene rings is 1. The molecule has 3 rings (SSSR count). The Balaban J connectivity index is 1.92. The van der Waals surface area contributed by atoms with Crippen LogP contribution < -0.4 is 10.6 Å². The number of hydrogen-bond acceptors (Lipinski definition) is 4. The number of anilines is 2. The van der Waals surface area contributed by atoms with Gasteiger partial charge in [-0.1, -0.05) is 0 Å². The predicted molar refractivity (Wildman–Crippen MR) is 69.0 cm³/mol. The lowest BCUT2D eigenvalue weighted by molar-refractivity contribution is 0.561. The van der Waals surface area contributed by atoms with E-state index in [9.17, 15) is 0 Å². The molecule has 4 nitrogen and oxygen atoms in total. The Morgan fingerprint density at radius 2 is 2.29 bits per heavy atom. The number of nitrogen functional groups attached to an aromatic ring is 1. The minimum atomic E-state index is 0.722. The number of nitrogens with two attached hydrogens (primary N) is 1. The van der Waals surface area contributed by atoms with Crippen LogP contribution in [0.3, 0.4) is 0 Å². The van der Waals surface area contributed by atoms with Crippen LogP contribution in [0.1, 0.15) is 19.8 Å². The highest BCUT2D eigenvalue weighted by molar-refractivity contribution is 5.78. The molecule has 0 aliphatic heterocycles. The largest absolute Gasteiger partial charge is 0.423 e. The fourth-order valence-corrected chi connectivity index (χ4v) is 2.02. The molecule has 0 spiro atoms. The lowest BCUT2D eigenvalue weighted by atomic mass is 10.3. The van der Waals surface area contributed by atoms with E-state index in [1.54, 1.807) is 0 Å². The van der Waals surface area contributed by atoms with Crippen LogP contribution in [0.25, 0.3) is 11.1 Å². The van der Waals surface area contributed by atoms with Gasteiger partial charge < -0.3 is 15.1 Å². The van der Waals surface area contributed by atoms with Crippen molar-refractivity contribution in [2.24, 2.45) is 5.92 Å². The summed E-state index contributed by atoms with van der Waals surface area (Å²) in [4.78, 5) is 6.71. The molecule has 1 aliphatic carbocycles. The van der Waals surface area contributed by atoms with Crippen LogP contribution in [-0.4, -0.2) is 18.1 Å². The zero-order chi connectivity index (χ0) is 11.8. The molecule has 1 saturated carbocycles. The van der Waals surface area contributed by atoms with Crippen molar-refractivity contribution in [2.45, 2.75) is 19.8 Å². The van der Waals surface area contributed by atoms with Crippen LogP contribution in [0.4, 0.5) is 11.7 Å². The smallest absolute Gasteiger partial charge is 0.298 e. The van der Waals surface area contributed by atoms with Gasteiger partial charge in [-0.25, -0.2) is 0 Å². The van der Waals surface area contributed by atoms with Gasteiger partial charge in [0.25, 0.3) is 6.01 Å². The summed E-state index contributed by atoms with van der Waals surface area (Å²) in [7, 11) is 0. The number of aromatic nitrogens is 1. The quantitative estimate of drug-likeness (QED) is 0.822. The highest BCUT2D eigenvalue weighted by atomic mass is 16.4. The molecule has 1 aromatic carbocycles. The Morgan fingerprint density at radius 1 is 1.47 bits per heavy atom. The molecular weight excluding hydrogens is 214 g/mol. The topological polar surface area (TPSA) is 55.3 Å². The standard InChI is InChI=1S/C13H17N3O/c1-2-16(8-9-3-4-9)13-15-11-7-10(14)5-6-12(11)17-13/h5-7,9H,2-4,8,14H2,1H3. The van der Waals surface area contributed by atoms with Crippen molar-refractivity contribution in [2.75, 3.05) is 23.7 Å². The maximum atomic E-state index is 5.76. The average molecular weight is 231 g/mol. The van der Waals surface area contributed by atoms with Gasteiger partial charge in [-0.2, -0.15) is 4.98 Å². The zero-order valence-electron chi connectivity index (χ0n) is 10.0. The Labute approximate surface area is 100 Å². The molecule has 2 aromatic rings. The minimum absolute atomic E-state index is 0.722. The highest BCUT2D eigenvalue weighted by Crippen LogP contribution is 2.32. The highest BCUT2D eigenvalue weighted by Gasteiger charge is 2.25. The predicted octanol–water partition coefficient (Wildman–Crippen LogP) is 2.65. The van der Waals surface area contributed by atoms with Gasteiger partial charge in [0, 0.05) is 18.8 Å². The summed E-state index contributed by atoms with van der Waals surface area (Å²) in [6.07, 6.45) is 2.67. The summed E-state index contributed by atoms with van der Waals surface area (Å²) in [5.41, 5.74) is 8.11. The molecule has 1 aromatic heterocycles. The SMILES string of the molecule is CCN(CC1CC1)c1nc2cc(N)ccc2o1. The summed E-state index contributed by atoms with van der Waals surface area (Å²) in [6.45, 7) is 4.11. The van der Waals surface area contributed by atoms with E-state index in [0.717, 1.165) is 41.8 Å². The molecule has 0 bridgehead atoms.